The van der Waals surface area contributed by atoms with Crippen molar-refractivity contribution in [1.82, 2.24) is 0 Å². The predicted octanol–water partition coefficient (Wildman–Crippen LogP) is 2.50. The highest BCUT2D eigenvalue weighted by atomic mass is 35.5. The summed E-state index contributed by atoms with van der Waals surface area (Å²) in [6, 6.07) is 3.16. The van der Waals surface area contributed by atoms with E-state index in [0.29, 0.717) is 16.6 Å². The molecule has 0 spiro atoms. The molecular weight excluding hydrogens is 202 g/mol. The number of benzene rings is 1. The molecule has 14 heavy (non-hydrogen) atoms. The van der Waals surface area contributed by atoms with E-state index in [2.05, 4.69) is 0 Å². The van der Waals surface area contributed by atoms with E-state index in [1.807, 2.05) is 0 Å². The molecule has 1 saturated carbocycles. The molecule has 0 aliphatic heterocycles. The summed E-state index contributed by atoms with van der Waals surface area (Å²) >= 11 is 5.82. The van der Waals surface area contributed by atoms with Crippen LogP contribution in [0.1, 0.15) is 34.7 Å². The number of carbonyl (C=O) groups is 1. The van der Waals surface area contributed by atoms with Crippen LogP contribution in [0.5, 0.6) is 0 Å². The van der Waals surface area contributed by atoms with Gasteiger partial charge in [-0.05, 0) is 36.5 Å². The molecule has 74 valence electrons. The Morgan fingerprint density at radius 3 is 2.64 bits per heavy atom. The van der Waals surface area contributed by atoms with Gasteiger partial charge >= 0.3 is 5.97 Å². The summed E-state index contributed by atoms with van der Waals surface area (Å²) in [6.45, 7) is 0. The van der Waals surface area contributed by atoms with Gasteiger partial charge in [0.1, 0.15) is 0 Å². The van der Waals surface area contributed by atoms with Gasteiger partial charge in [-0.2, -0.15) is 0 Å². The van der Waals surface area contributed by atoms with Crippen LogP contribution < -0.4 is 5.73 Å². The summed E-state index contributed by atoms with van der Waals surface area (Å²) in [5, 5.41) is 9.32. The third-order valence-electron chi connectivity index (χ3n) is 2.42. The Bertz CT molecular complexity index is 399. The van der Waals surface area contributed by atoms with Crippen molar-refractivity contribution in [2.45, 2.75) is 18.8 Å². The maximum atomic E-state index is 10.8. The number of aromatic carboxylic acids is 1. The highest BCUT2D eigenvalue weighted by molar-refractivity contribution is 6.31. The lowest BCUT2D eigenvalue weighted by atomic mass is 10.0. The van der Waals surface area contributed by atoms with Crippen LogP contribution in [0, 0.1) is 0 Å². The van der Waals surface area contributed by atoms with E-state index in [-0.39, 0.29) is 5.56 Å². The first-order chi connectivity index (χ1) is 6.59. The van der Waals surface area contributed by atoms with Gasteiger partial charge in [-0.1, -0.05) is 11.6 Å². The van der Waals surface area contributed by atoms with Crippen molar-refractivity contribution in [3.05, 3.63) is 28.3 Å². The first-order valence-electron chi connectivity index (χ1n) is 4.42. The number of rotatable bonds is 2. The molecule has 3 nitrogen and oxygen atoms in total. The molecule has 0 amide bonds. The predicted molar refractivity (Wildman–Crippen MR) is 54.8 cm³/mol. The van der Waals surface area contributed by atoms with Crippen LogP contribution in [-0.4, -0.2) is 11.1 Å². The molecule has 0 unspecified atom stereocenters. The smallest absolute Gasteiger partial charge is 0.337 e. The normalized spacial score (nSPS) is 15.5. The minimum Gasteiger partial charge on any atom is -0.478 e. The van der Waals surface area contributed by atoms with Crippen LogP contribution in [0.4, 0.5) is 5.69 Å². The summed E-state index contributed by atoms with van der Waals surface area (Å²) in [5.41, 5.74) is 7.11. The van der Waals surface area contributed by atoms with Crippen LogP contribution in [0.3, 0.4) is 0 Å². The molecule has 0 heterocycles. The van der Waals surface area contributed by atoms with Crippen molar-refractivity contribution >= 4 is 23.3 Å². The third-order valence-corrected chi connectivity index (χ3v) is 2.64. The molecule has 1 aromatic rings. The van der Waals surface area contributed by atoms with E-state index in [1.54, 1.807) is 6.07 Å². The van der Waals surface area contributed by atoms with E-state index in [1.165, 1.54) is 6.07 Å². The van der Waals surface area contributed by atoms with Gasteiger partial charge in [-0.15, -0.1) is 0 Å². The third kappa shape index (κ3) is 1.55. The lowest BCUT2D eigenvalue weighted by Gasteiger charge is -2.08. The van der Waals surface area contributed by atoms with Crippen LogP contribution >= 0.6 is 11.6 Å². The average molecular weight is 212 g/mol. The Labute approximate surface area is 86.5 Å². The highest BCUT2D eigenvalue weighted by Crippen LogP contribution is 2.44. The van der Waals surface area contributed by atoms with Crippen molar-refractivity contribution in [3.63, 3.8) is 0 Å². The Balaban J connectivity index is 2.55. The number of halogens is 1. The standard InChI is InChI=1S/C10H10ClNO2/c11-6-3-7(5-1-2-5)9(12)8(4-6)10(13)14/h3-5H,1-2,12H2,(H,13,14). The lowest BCUT2D eigenvalue weighted by molar-refractivity contribution is 0.0698. The summed E-state index contributed by atoms with van der Waals surface area (Å²) in [5.74, 6) is -0.612. The molecule has 1 aliphatic carbocycles. The Morgan fingerprint density at radius 2 is 2.14 bits per heavy atom. The van der Waals surface area contributed by atoms with Crippen molar-refractivity contribution in [1.29, 1.82) is 0 Å². The summed E-state index contributed by atoms with van der Waals surface area (Å²) < 4.78 is 0. The Hall–Kier alpha value is -1.22. The van der Waals surface area contributed by atoms with Crippen LogP contribution in [0.15, 0.2) is 12.1 Å². The van der Waals surface area contributed by atoms with E-state index >= 15 is 0 Å². The van der Waals surface area contributed by atoms with Gasteiger partial charge in [-0.25, -0.2) is 4.79 Å². The van der Waals surface area contributed by atoms with E-state index in [0.717, 1.165) is 18.4 Å². The Kier molecular flexibility index (Phi) is 2.11. The second-order valence-corrected chi connectivity index (χ2v) is 3.97. The van der Waals surface area contributed by atoms with Crippen LogP contribution in [-0.2, 0) is 0 Å². The first kappa shape index (κ1) is 9.34. The van der Waals surface area contributed by atoms with Gasteiger partial charge < -0.3 is 10.8 Å². The molecule has 1 fully saturated rings. The maximum absolute atomic E-state index is 10.8. The number of nitrogens with two attached hydrogens (primary N) is 1. The quantitative estimate of drug-likeness (QED) is 0.739. The molecule has 1 aromatic carbocycles. The van der Waals surface area contributed by atoms with Crippen molar-refractivity contribution in [2.75, 3.05) is 5.73 Å². The maximum Gasteiger partial charge on any atom is 0.337 e. The zero-order valence-corrected chi connectivity index (χ0v) is 8.21. The van der Waals surface area contributed by atoms with Crippen LogP contribution in [0.2, 0.25) is 5.02 Å². The van der Waals surface area contributed by atoms with Gasteiger partial charge in [0.2, 0.25) is 0 Å². The summed E-state index contributed by atoms with van der Waals surface area (Å²) in [4.78, 5) is 10.8. The van der Waals surface area contributed by atoms with Gasteiger partial charge in [-0.3, -0.25) is 0 Å². The second-order valence-electron chi connectivity index (χ2n) is 3.54. The molecule has 0 aromatic heterocycles. The number of anilines is 1. The molecule has 0 radical (unpaired) electrons. The van der Waals surface area contributed by atoms with E-state index in [4.69, 9.17) is 22.4 Å². The molecule has 0 saturated heterocycles. The fraction of sp³-hybridized carbons (Fsp3) is 0.300. The molecule has 3 N–H and O–H groups in total. The number of hydrogen-bond donors (Lipinski definition) is 2. The average Bonchev–Trinajstić information content (AvgIpc) is 2.91. The van der Waals surface area contributed by atoms with Crippen molar-refractivity contribution in [2.24, 2.45) is 0 Å². The molecule has 0 bridgehead atoms. The van der Waals surface area contributed by atoms with Gasteiger partial charge in [0.25, 0.3) is 0 Å². The minimum atomic E-state index is -1.02. The number of hydrogen-bond acceptors (Lipinski definition) is 2. The van der Waals surface area contributed by atoms with Crippen molar-refractivity contribution < 1.29 is 9.90 Å². The summed E-state index contributed by atoms with van der Waals surface area (Å²) in [7, 11) is 0. The van der Waals surface area contributed by atoms with Gasteiger partial charge in [0.15, 0.2) is 0 Å². The van der Waals surface area contributed by atoms with E-state index < -0.39 is 5.97 Å². The molecule has 1 aliphatic rings. The largest absolute Gasteiger partial charge is 0.478 e. The molecule has 4 heteroatoms. The molecular formula is C10H10ClNO2. The fourth-order valence-corrected chi connectivity index (χ4v) is 1.77. The second kappa shape index (κ2) is 3.17. The number of carboxylic acids is 1. The fourth-order valence-electron chi connectivity index (χ4n) is 1.55. The zero-order valence-electron chi connectivity index (χ0n) is 7.46. The molecule has 0 atom stereocenters. The zero-order chi connectivity index (χ0) is 10.3. The Morgan fingerprint density at radius 1 is 1.50 bits per heavy atom. The first-order valence-corrected chi connectivity index (χ1v) is 4.79. The molecule has 2 rings (SSSR count). The monoisotopic (exact) mass is 211 g/mol. The summed E-state index contributed by atoms with van der Waals surface area (Å²) in [6.07, 6.45) is 2.15. The SMILES string of the molecule is Nc1c(C(=O)O)cc(Cl)cc1C1CC1. The van der Waals surface area contributed by atoms with E-state index in [9.17, 15) is 4.79 Å². The number of carboxylic acid groups (broad SMARTS) is 1. The highest BCUT2D eigenvalue weighted by Gasteiger charge is 2.27. The van der Waals surface area contributed by atoms with Gasteiger partial charge in [0, 0.05) is 10.7 Å². The van der Waals surface area contributed by atoms with Crippen molar-refractivity contribution in [3.8, 4) is 0 Å². The lowest BCUT2D eigenvalue weighted by Crippen LogP contribution is -2.05. The van der Waals surface area contributed by atoms with Crippen LogP contribution in [0.25, 0.3) is 0 Å². The number of nitrogen functional groups attached to an aromatic ring is 1. The minimum absolute atomic E-state index is 0.111. The van der Waals surface area contributed by atoms with Gasteiger partial charge in [0.05, 0.1) is 5.56 Å². The topological polar surface area (TPSA) is 63.3 Å².